The Morgan fingerprint density at radius 3 is 2.26 bits per heavy atom. The monoisotopic (exact) mass is 318 g/mol. The summed E-state index contributed by atoms with van der Waals surface area (Å²) in [5, 5.41) is 2.06. The topological polar surface area (TPSA) is 26.3 Å². The Balaban J connectivity index is 1.56. The fourth-order valence-electron chi connectivity index (χ4n) is 2.35. The van der Waals surface area contributed by atoms with Gasteiger partial charge in [-0.1, -0.05) is 36.4 Å². The molecule has 3 heteroatoms. The van der Waals surface area contributed by atoms with Crippen LogP contribution in [-0.4, -0.2) is 0 Å². The molecule has 3 aromatic heterocycles. The van der Waals surface area contributed by atoms with E-state index in [1.807, 2.05) is 72.8 Å². The Hall–Kier alpha value is -2.78. The minimum atomic E-state index is 0.734. The zero-order valence-electron chi connectivity index (χ0n) is 12.3. The number of hydrogen-bond donors (Lipinski definition) is 0. The molecule has 0 spiro atoms. The summed E-state index contributed by atoms with van der Waals surface area (Å²) in [6.07, 6.45) is 4.02. The van der Waals surface area contributed by atoms with Gasteiger partial charge in [-0.3, -0.25) is 0 Å². The Labute approximate surface area is 138 Å². The maximum Gasteiger partial charge on any atom is 0.170 e. The van der Waals surface area contributed by atoms with Crippen LogP contribution in [0.5, 0.6) is 0 Å². The van der Waals surface area contributed by atoms with Gasteiger partial charge in [-0.25, -0.2) is 0 Å². The highest BCUT2D eigenvalue weighted by Gasteiger charge is 2.09. The molecule has 4 aromatic rings. The fourth-order valence-corrected chi connectivity index (χ4v) is 2.97. The first-order chi connectivity index (χ1) is 11.4. The molecule has 4 rings (SSSR count). The van der Waals surface area contributed by atoms with Gasteiger partial charge in [0.15, 0.2) is 11.5 Å². The van der Waals surface area contributed by atoms with Crippen LogP contribution in [0.1, 0.15) is 10.6 Å². The molecule has 0 aliphatic rings. The summed E-state index contributed by atoms with van der Waals surface area (Å²) >= 11 is 1.70. The molecule has 0 atom stereocenters. The van der Waals surface area contributed by atoms with Crippen LogP contribution >= 0.6 is 11.3 Å². The maximum absolute atomic E-state index is 5.90. The molecule has 112 valence electrons. The van der Waals surface area contributed by atoms with E-state index >= 15 is 0 Å². The summed E-state index contributed by atoms with van der Waals surface area (Å²) < 4.78 is 11.7. The van der Waals surface area contributed by atoms with Gasteiger partial charge in [-0.15, -0.1) is 11.3 Å². The summed E-state index contributed by atoms with van der Waals surface area (Å²) in [5.41, 5.74) is 1.06. The van der Waals surface area contributed by atoms with Crippen LogP contribution < -0.4 is 0 Å². The lowest BCUT2D eigenvalue weighted by molar-refractivity contribution is 0.526. The lowest BCUT2D eigenvalue weighted by Gasteiger charge is -1.95. The van der Waals surface area contributed by atoms with Crippen molar-refractivity contribution in [1.29, 1.82) is 0 Å². The zero-order chi connectivity index (χ0) is 15.5. The SMILES string of the molecule is C(=Cc1cccs1)c1ccc(-c2ccc(-c3ccccc3)o2)o1. The molecule has 23 heavy (non-hydrogen) atoms. The maximum atomic E-state index is 5.90. The second-order valence-corrected chi connectivity index (χ2v) is 6.06. The van der Waals surface area contributed by atoms with Crippen molar-refractivity contribution in [1.82, 2.24) is 0 Å². The Morgan fingerprint density at radius 2 is 1.43 bits per heavy atom. The van der Waals surface area contributed by atoms with Crippen LogP contribution in [0.15, 0.2) is 80.9 Å². The molecular formula is C20H14O2S. The Morgan fingerprint density at radius 1 is 0.652 bits per heavy atom. The Kier molecular flexibility index (Phi) is 3.70. The first kappa shape index (κ1) is 13.9. The molecule has 0 aliphatic heterocycles. The van der Waals surface area contributed by atoms with E-state index in [9.17, 15) is 0 Å². The van der Waals surface area contributed by atoms with Gasteiger partial charge in [0.1, 0.15) is 11.5 Å². The average molecular weight is 318 g/mol. The van der Waals surface area contributed by atoms with Crippen LogP contribution in [0.25, 0.3) is 35.0 Å². The van der Waals surface area contributed by atoms with Gasteiger partial charge in [-0.05, 0) is 47.9 Å². The molecule has 0 aliphatic carbocycles. The molecule has 0 fully saturated rings. The minimum absolute atomic E-state index is 0.734. The summed E-state index contributed by atoms with van der Waals surface area (Å²) in [5.74, 6) is 3.12. The van der Waals surface area contributed by atoms with Crippen molar-refractivity contribution in [2.24, 2.45) is 0 Å². The number of thiophene rings is 1. The highest BCUT2D eigenvalue weighted by atomic mass is 32.1. The van der Waals surface area contributed by atoms with E-state index in [0.717, 1.165) is 28.6 Å². The molecule has 0 radical (unpaired) electrons. The number of rotatable bonds is 4. The third-order valence-electron chi connectivity index (χ3n) is 3.49. The highest BCUT2D eigenvalue weighted by molar-refractivity contribution is 7.10. The summed E-state index contributed by atoms with van der Waals surface area (Å²) in [7, 11) is 0. The van der Waals surface area contributed by atoms with Gasteiger partial charge >= 0.3 is 0 Å². The molecule has 3 heterocycles. The summed E-state index contributed by atoms with van der Waals surface area (Å²) in [4.78, 5) is 1.20. The lowest BCUT2D eigenvalue weighted by atomic mass is 10.2. The molecule has 1 aromatic carbocycles. The van der Waals surface area contributed by atoms with Gasteiger partial charge in [0, 0.05) is 10.4 Å². The van der Waals surface area contributed by atoms with E-state index in [1.165, 1.54) is 4.88 Å². The zero-order valence-corrected chi connectivity index (χ0v) is 13.1. The number of hydrogen-bond acceptors (Lipinski definition) is 3. The molecule has 0 N–H and O–H groups in total. The normalized spacial score (nSPS) is 11.3. The quantitative estimate of drug-likeness (QED) is 0.433. The highest BCUT2D eigenvalue weighted by Crippen LogP contribution is 2.30. The molecular weight excluding hydrogens is 304 g/mol. The second-order valence-electron chi connectivity index (χ2n) is 5.08. The van der Waals surface area contributed by atoms with E-state index in [4.69, 9.17) is 8.83 Å². The molecule has 0 bridgehead atoms. The van der Waals surface area contributed by atoms with Crippen LogP contribution in [0.2, 0.25) is 0 Å². The van der Waals surface area contributed by atoms with Crippen molar-refractivity contribution in [3.8, 4) is 22.8 Å². The third kappa shape index (κ3) is 3.05. The summed E-state index contributed by atoms with van der Waals surface area (Å²) in [6, 6.07) is 21.9. The van der Waals surface area contributed by atoms with E-state index in [2.05, 4.69) is 11.4 Å². The van der Waals surface area contributed by atoms with Crippen molar-refractivity contribution in [2.45, 2.75) is 0 Å². The second kappa shape index (κ2) is 6.15. The van der Waals surface area contributed by atoms with Crippen molar-refractivity contribution >= 4 is 23.5 Å². The van der Waals surface area contributed by atoms with Crippen molar-refractivity contribution in [3.05, 3.63) is 82.7 Å². The van der Waals surface area contributed by atoms with E-state index in [0.29, 0.717) is 0 Å². The predicted octanol–water partition coefficient (Wildman–Crippen LogP) is 6.44. The predicted molar refractivity (Wildman–Crippen MR) is 95.1 cm³/mol. The van der Waals surface area contributed by atoms with Gasteiger partial charge in [0.2, 0.25) is 0 Å². The first-order valence-electron chi connectivity index (χ1n) is 7.35. The number of benzene rings is 1. The molecule has 0 saturated heterocycles. The third-order valence-corrected chi connectivity index (χ3v) is 4.33. The van der Waals surface area contributed by atoms with E-state index < -0.39 is 0 Å². The molecule has 0 unspecified atom stereocenters. The smallest absolute Gasteiger partial charge is 0.170 e. The van der Waals surface area contributed by atoms with Crippen molar-refractivity contribution < 1.29 is 8.83 Å². The minimum Gasteiger partial charge on any atom is -0.453 e. The van der Waals surface area contributed by atoms with Crippen LogP contribution in [0.4, 0.5) is 0 Å². The van der Waals surface area contributed by atoms with E-state index in [1.54, 1.807) is 11.3 Å². The van der Waals surface area contributed by atoms with Crippen molar-refractivity contribution in [3.63, 3.8) is 0 Å². The standard InChI is InChI=1S/C20H14O2S/c1-2-5-15(6-3-1)18-12-13-20(22-18)19-11-9-16(21-19)8-10-17-7-4-14-23-17/h1-14H. The van der Waals surface area contributed by atoms with Gasteiger partial charge < -0.3 is 8.83 Å². The average Bonchev–Trinajstić information content (AvgIpc) is 3.34. The largest absolute Gasteiger partial charge is 0.453 e. The molecule has 0 saturated carbocycles. The fraction of sp³-hybridized carbons (Fsp3) is 0. The lowest BCUT2D eigenvalue weighted by Crippen LogP contribution is -1.70. The van der Waals surface area contributed by atoms with Crippen LogP contribution in [-0.2, 0) is 0 Å². The first-order valence-corrected chi connectivity index (χ1v) is 8.23. The van der Waals surface area contributed by atoms with Gasteiger partial charge in [0.05, 0.1) is 0 Å². The number of furan rings is 2. The van der Waals surface area contributed by atoms with E-state index in [-0.39, 0.29) is 0 Å². The molecule has 0 amide bonds. The van der Waals surface area contributed by atoms with Gasteiger partial charge in [0.25, 0.3) is 0 Å². The van der Waals surface area contributed by atoms with Crippen molar-refractivity contribution in [2.75, 3.05) is 0 Å². The summed E-state index contributed by atoms with van der Waals surface area (Å²) in [6.45, 7) is 0. The Bertz CT molecular complexity index is 912. The van der Waals surface area contributed by atoms with Crippen LogP contribution in [0.3, 0.4) is 0 Å². The van der Waals surface area contributed by atoms with Gasteiger partial charge in [-0.2, -0.15) is 0 Å². The van der Waals surface area contributed by atoms with Crippen LogP contribution in [0, 0.1) is 0 Å². The molecule has 2 nitrogen and oxygen atoms in total.